The Morgan fingerprint density at radius 3 is 2.77 bits per heavy atom. The van der Waals surface area contributed by atoms with Crippen LogP contribution in [0.3, 0.4) is 0 Å². The molecule has 3 rings (SSSR count). The molecule has 0 atom stereocenters. The maximum atomic E-state index is 6.35. The van der Waals surface area contributed by atoms with E-state index in [1.807, 2.05) is 19.3 Å². The predicted molar refractivity (Wildman–Crippen MR) is 87.2 cm³/mol. The first-order valence-corrected chi connectivity index (χ1v) is 7.70. The van der Waals surface area contributed by atoms with E-state index in [1.54, 1.807) is 17.1 Å². The lowest BCUT2D eigenvalue weighted by Gasteiger charge is -2.39. The Labute approximate surface area is 130 Å². The molecule has 22 heavy (non-hydrogen) atoms. The van der Waals surface area contributed by atoms with Crippen LogP contribution in [0.25, 0.3) is 0 Å². The Kier molecular flexibility index (Phi) is 3.98. The van der Waals surface area contributed by atoms with Gasteiger partial charge in [0.05, 0.1) is 11.9 Å². The second-order valence-corrected chi connectivity index (χ2v) is 5.97. The van der Waals surface area contributed by atoms with Crippen molar-refractivity contribution in [1.29, 1.82) is 0 Å². The summed E-state index contributed by atoms with van der Waals surface area (Å²) in [6, 6.07) is 1.95. The van der Waals surface area contributed by atoms with Crippen molar-refractivity contribution in [3.8, 4) is 0 Å². The average Bonchev–Trinajstić information content (AvgIpc) is 2.93. The van der Waals surface area contributed by atoms with E-state index in [0.717, 1.165) is 43.9 Å². The highest BCUT2D eigenvalue weighted by Crippen LogP contribution is 2.26. The van der Waals surface area contributed by atoms with Crippen LogP contribution in [-0.2, 0) is 7.05 Å². The lowest BCUT2D eigenvalue weighted by atomic mass is 9.86. The van der Waals surface area contributed by atoms with E-state index in [1.165, 1.54) is 0 Å². The summed E-state index contributed by atoms with van der Waals surface area (Å²) in [7, 11) is 1.88. The number of nitrogens with two attached hydrogens (primary N) is 1. The first-order chi connectivity index (χ1) is 10.6. The van der Waals surface area contributed by atoms with Gasteiger partial charge in [-0.25, -0.2) is 4.98 Å². The smallest absolute Gasteiger partial charge is 0.229 e. The number of aromatic nitrogens is 4. The molecular formula is C15H23N7. The fraction of sp³-hybridized carbons (Fsp3) is 0.533. The molecule has 1 fully saturated rings. The molecule has 1 saturated heterocycles. The van der Waals surface area contributed by atoms with Gasteiger partial charge in [0.25, 0.3) is 0 Å². The predicted octanol–water partition coefficient (Wildman–Crippen LogP) is 1.66. The van der Waals surface area contributed by atoms with Crippen LogP contribution < -0.4 is 16.0 Å². The summed E-state index contributed by atoms with van der Waals surface area (Å²) >= 11 is 0. The third-order valence-electron chi connectivity index (χ3n) is 4.39. The molecular weight excluding hydrogens is 278 g/mol. The van der Waals surface area contributed by atoms with E-state index in [4.69, 9.17) is 5.73 Å². The molecule has 2 aromatic heterocycles. The van der Waals surface area contributed by atoms with Crippen molar-refractivity contribution < 1.29 is 0 Å². The lowest BCUT2D eigenvalue weighted by molar-refractivity contribution is 0.322. The van der Waals surface area contributed by atoms with Gasteiger partial charge in [-0.15, -0.1) is 0 Å². The van der Waals surface area contributed by atoms with Crippen molar-refractivity contribution in [3.63, 3.8) is 0 Å². The molecule has 0 spiro atoms. The van der Waals surface area contributed by atoms with Crippen LogP contribution in [0.1, 0.15) is 26.2 Å². The number of rotatable bonds is 4. The Balaban J connectivity index is 1.69. The number of hydrogen-bond donors (Lipinski definition) is 2. The highest BCUT2D eigenvalue weighted by atomic mass is 15.3. The summed E-state index contributed by atoms with van der Waals surface area (Å²) in [5, 5.41) is 7.30. The molecule has 3 heterocycles. The molecule has 0 bridgehead atoms. The van der Waals surface area contributed by atoms with Crippen LogP contribution in [-0.4, -0.2) is 38.4 Å². The molecule has 1 aliphatic heterocycles. The fourth-order valence-corrected chi connectivity index (χ4v) is 2.74. The molecule has 3 N–H and O–H groups in total. The van der Waals surface area contributed by atoms with E-state index in [0.29, 0.717) is 5.95 Å². The number of aryl methyl sites for hydroxylation is 1. The standard InChI is InChI=1S/C15H23N7/c1-3-15(16)5-8-22(9-6-15)13-4-7-17-14(20-13)19-12-10-18-21(2)11-12/h4,7,10-11H,3,5-6,8-9,16H2,1-2H3,(H,17,19,20). The summed E-state index contributed by atoms with van der Waals surface area (Å²) in [4.78, 5) is 11.1. The molecule has 0 radical (unpaired) electrons. The van der Waals surface area contributed by atoms with Crippen LogP contribution in [0.4, 0.5) is 17.5 Å². The quantitative estimate of drug-likeness (QED) is 0.893. The molecule has 7 heteroatoms. The zero-order valence-electron chi connectivity index (χ0n) is 13.2. The molecule has 118 valence electrons. The van der Waals surface area contributed by atoms with Gasteiger partial charge in [0.2, 0.25) is 5.95 Å². The third-order valence-corrected chi connectivity index (χ3v) is 4.39. The van der Waals surface area contributed by atoms with Crippen molar-refractivity contribution >= 4 is 17.5 Å². The SMILES string of the molecule is CCC1(N)CCN(c2ccnc(Nc3cnn(C)c3)n2)CC1. The Morgan fingerprint density at radius 1 is 1.36 bits per heavy atom. The van der Waals surface area contributed by atoms with Gasteiger partial charge in [0.1, 0.15) is 5.82 Å². The van der Waals surface area contributed by atoms with Gasteiger partial charge < -0.3 is 16.0 Å². The van der Waals surface area contributed by atoms with E-state index in [9.17, 15) is 0 Å². The van der Waals surface area contributed by atoms with Gasteiger partial charge in [0.15, 0.2) is 0 Å². The second kappa shape index (κ2) is 5.92. The van der Waals surface area contributed by atoms with Crippen LogP contribution in [0.5, 0.6) is 0 Å². The minimum absolute atomic E-state index is 0.0136. The number of nitrogens with one attached hydrogen (secondary N) is 1. The topological polar surface area (TPSA) is 84.9 Å². The van der Waals surface area contributed by atoms with Crippen molar-refractivity contribution in [3.05, 3.63) is 24.7 Å². The summed E-state index contributed by atoms with van der Waals surface area (Å²) in [5.74, 6) is 1.53. The van der Waals surface area contributed by atoms with Gasteiger partial charge in [-0.2, -0.15) is 10.1 Å². The number of hydrogen-bond acceptors (Lipinski definition) is 6. The average molecular weight is 301 g/mol. The van der Waals surface area contributed by atoms with Crippen molar-refractivity contribution in [2.24, 2.45) is 12.8 Å². The first-order valence-electron chi connectivity index (χ1n) is 7.70. The summed E-state index contributed by atoms with van der Waals surface area (Å²) in [6.45, 7) is 4.04. The molecule has 0 aromatic carbocycles. The molecule has 2 aromatic rings. The summed E-state index contributed by atoms with van der Waals surface area (Å²) in [5.41, 5.74) is 7.22. The van der Waals surface area contributed by atoms with E-state index in [-0.39, 0.29) is 5.54 Å². The maximum Gasteiger partial charge on any atom is 0.229 e. The number of anilines is 3. The maximum absolute atomic E-state index is 6.35. The van der Waals surface area contributed by atoms with Crippen LogP contribution in [0, 0.1) is 0 Å². The Hall–Kier alpha value is -2.15. The monoisotopic (exact) mass is 301 g/mol. The van der Waals surface area contributed by atoms with Gasteiger partial charge in [-0.1, -0.05) is 6.92 Å². The van der Waals surface area contributed by atoms with Crippen LogP contribution in [0.2, 0.25) is 0 Å². The Bertz CT molecular complexity index is 628. The normalized spacial score (nSPS) is 17.5. The highest BCUT2D eigenvalue weighted by Gasteiger charge is 2.29. The van der Waals surface area contributed by atoms with E-state index < -0.39 is 0 Å². The second-order valence-electron chi connectivity index (χ2n) is 5.97. The van der Waals surface area contributed by atoms with Crippen LogP contribution in [0.15, 0.2) is 24.7 Å². The zero-order valence-corrected chi connectivity index (χ0v) is 13.2. The van der Waals surface area contributed by atoms with Crippen LogP contribution >= 0.6 is 0 Å². The number of piperidine rings is 1. The largest absolute Gasteiger partial charge is 0.356 e. The fourth-order valence-electron chi connectivity index (χ4n) is 2.74. The van der Waals surface area contributed by atoms with Crippen molar-refractivity contribution in [1.82, 2.24) is 19.7 Å². The van der Waals surface area contributed by atoms with E-state index in [2.05, 4.69) is 32.2 Å². The minimum Gasteiger partial charge on any atom is -0.356 e. The number of nitrogens with zero attached hydrogens (tertiary/aromatic N) is 5. The van der Waals surface area contributed by atoms with Gasteiger partial charge in [-0.3, -0.25) is 4.68 Å². The Morgan fingerprint density at radius 2 is 2.14 bits per heavy atom. The van der Waals surface area contributed by atoms with Gasteiger partial charge >= 0.3 is 0 Å². The van der Waals surface area contributed by atoms with E-state index >= 15 is 0 Å². The highest BCUT2D eigenvalue weighted by molar-refractivity contribution is 5.53. The zero-order chi connectivity index (χ0) is 15.6. The summed E-state index contributed by atoms with van der Waals surface area (Å²) < 4.78 is 1.74. The molecule has 1 aliphatic rings. The third kappa shape index (κ3) is 3.19. The molecule has 7 nitrogen and oxygen atoms in total. The van der Waals surface area contributed by atoms with Crippen molar-refractivity contribution in [2.75, 3.05) is 23.3 Å². The van der Waals surface area contributed by atoms with Crippen molar-refractivity contribution in [2.45, 2.75) is 31.7 Å². The molecule has 0 saturated carbocycles. The molecule has 0 unspecified atom stereocenters. The van der Waals surface area contributed by atoms with Gasteiger partial charge in [0, 0.05) is 38.1 Å². The lowest BCUT2D eigenvalue weighted by Crippen LogP contribution is -2.50. The van der Waals surface area contributed by atoms with Gasteiger partial charge in [-0.05, 0) is 25.3 Å². The molecule has 0 aliphatic carbocycles. The first kappa shape index (κ1) is 14.8. The molecule has 0 amide bonds. The summed E-state index contributed by atoms with van der Waals surface area (Å²) in [6.07, 6.45) is 8.45. The minimum atomic E-state index is -0.0136.